The van der Waals surface area contributed by atoms with Crippen LogP contribution in [0, 0.1) is 10.1 Å². The summed E-state index contributed by atoms with van der Waals surface area (Å²) in [4.78, 5) is 15.9. The van der Waals surface area contributed by atoms with Crippen LogP contribution in [-0.4, -0.2) is 22.1 Å². The predicted octanol–water partition coefficient (Wildman–Crippen LogP) is 5.82. The Balaban J connectivity index is 0.00000150. The molecule has 8 heteroatoms. The van der Waals surface area contributed by atoms with Crippen LogP contribution in [-0.2, 0) is 0 Å². The molecule has 29 heavy (non-hydrogen) atoms. The second kappa shape index (κ2) is 10.1. The van der Waals surface area contributed by atoms with Crippen LogP contribution in [0.1, 0.15) is 39.0 Å². The Morgan fingerprint density at radius 1 is 1.03 bits per heavy atom. The normalized spacial score (nSPS) is 15.3. The number of aromatic nitrogens is 1. The summed E-state index contributed by atoms with van der Waals surface area (Å²) in [6.07, 6.45) is 6.20. The van der Waals surface area contributed by atoms with Gasteiger partial charge in [0.1, 0.15) is 5.39 Å². The maximum absolute atomic E-state index is 11.6. The van der Waals surface area contributed by atoms with E-state index in [0.29, 0.717) is 16.9 Å². The number of hydrogen-bond donors (Lipinski definition) is 2. The first-order valence-electron chi connectivity index (χ1n) is 9.62. The van der Waals surface area contributed by atoms with Gasteiger partial charge in [0, 0.05) is 17.5 Å². The number of pyridine rings is 1. The number of nitro benzene ring substituents is 1. The molecule has 1 aliphatic carbocycles. The lowest BCUT2D eigenvalue weighted by molar-refractivity contribution is -0.383. The molecular formula is C21H26Cl2N4O2. The zero-order valence-corrected chi connectivity index (χ0v) is 17.9. The molecule has 0 saturated heterocycles. The van der Waals surface area contributed by atoms with E-state index in [-0.39, 0.29) is 41.6 Å². The van der Waals surface area contributed by atoms with Crippen molar-refractivity contribution in [1.29, 1.82) is 0 Å². The monoisotopic (exact) mass is 436 g/mol. The number of hydrogen-bond acceptors (Lipinski definition) is 5. The molecule has 0 bridgehead atoms. The molecule has 0 spiro atoms. The summed E-state index contributed by atoms with van der Waals surface area (Å²) < 4.78 is 0. The molecular weight excluding hydrogens is 411 g/mol. The van der Waals surface area contributed by atoms with Crippen molar-refractivity contribution in [3.63, 3.8) is 0 Å². The average Bonchev–Trinajstić information content (AvgIpc) is 2.68. The number of fused-ring (bicyclic) bond motifs is 2. The van der Waals surface area contributed by atoms with E-state index in [0.717, 1.165) is 16.6 Å². The van der Waals surface area contributed by atoms with Gasteiger partial charge >= 0.3 is 0 Å². The lowest BCUT2D eigenvalue weighted by Gasteiger charge is -2.28. The quantitative estimate of drug-likeness (QED) is 0.228. The highest BCUT2D eigenvalue weighted by Gasteiger charge is 2.21. The van der Waals surface area contributed by atoms with Gasteiger partial charge in [-0.15, -0.1) is 24.8 Å². The van der Waals surface area contributed by atoms with Crippen LogP contribution >= 0.6 is 24.8 Å². The van der Waals surface area contributed by atoms with Gasteiger partial charge in [0.2, 0.25) is 0 Å². The zero-order valence-electron chi connectivity index (χ0n) is 16.3. The Hall–Kier alpha value is -2.15. The van der Waals surface area contributed by atoms with Gasteiger partial charge in [-0.25, -0.2) is 4.98 Å². The summed E-state index contributed by atoms with van der Waals surface area (Å²) in [6, 6.07) is 13.3. The summed E-state index contributed by atoms with van der Waals surface area (Å²) in [7, 11) is 0. The molecule has 1 unspecified atom stereocenters. The van der Waals surface area contributed by atoms with E-state index in [1.54, 1.807) is 12.1 Å². The second-order valence-corrected chi connectivity index (χ2v) is 7.30. The molecule has 1 fully saturated rings. The van der Waals surface area contributed by atoms with Crippen LogP contribution in [0.25, 0.3) is 21.8 Å². The van der Waals surface area contributed by atoms with Gasteiger partial charge in [0.15, 0.2) is 0 Å². The Morgan fingerprint density at radius 3 is 2.45 bits per heavy atom. The van der Waals surface area contributed by atoms with E-state index >= 15 is 0 Å². The van der Waals surface area contributed by atoms with Crippen molar-refractivity contribution in [2.75, 3.05) is 5.32 Å². The minimum Gasteiger partial charge on any atom is -0.369 e. The molecule has 1 aromatic heterocycles. The summed E-state index contributed by atoms with van der Waals surface area (Å²) in [6.45, 7) is 2.07. The molecule has 1 aliphatic rings. The van der Waals surface area contributed by atoms with Crippen molar-refractivity contribution < 1.29 is 4.92 Å². The molecule has 1 atom stereocenters. The highest BCUT2D eigenvalue weighted by Crippen LogP contribution is 2.36. The number of benzene rings is 2. The third-order valence-electron chi connectivity index (χ3n) is 5.33. The fourth-order valence-electron chi connectivity index (χ4n) is 4.11. The van der Waals surface area contributed by atoms with Crippen LogP contribution < -0.4 is 10.6 Å². The van der Waals surface area contributed by atoms with E-state index in [4.69, 9.17) is 0 Å². The minimum atomic E-state index is -0.330. The first-order valence-corrected chi connectivity index (χ1v) is 9.62. The fourth-order valence-corrected chi connectivity index (χ4v) is 4.11. The van der Waals surface area contributed by atoms with E-state index in [2.05, 4.69) is 22.5 Å². The summed E-state index contributed by atoms with van der Waals surface area (Å²) in [5, 5.41) is 20.3. The number of nitrogens with one attached hydrogen (secondary N) is 2. The van der Waals surface area contributed by atoms with Crippen molar-refractivity contribution >= 4 is 58.0 Å². The van der Waals surface area contributed by atoms with Crippen LogP contribution in [0.15, 0.2) is 42.5 Å². The first kappa shape index (κ1) is 23.1. The molecule has 0 radical (unpaired) electrons. The summed E-state index contributed by atoms with van der Waals surface area (Å²) in [5.74, 6) is 0. The number of nitrogens with zero attached hydrogens (tertiary/aromatic N) is 2. The van der Waals surface area contributed by atoms with Crippen LogP contribution in [0.3, 0.4) is 0 Å². The van der Waals surface area contributed by atoms with Crippen molar-refractivity contribution in [3.05, 3.63) is 52.6 Å². The lowest BCUT2D eigenvalue weighted by atomic mass is 9.95. The Morgan fingerprint density at radius 2 is 1.72 bits per heavy atom. The topological polar surface area (TPSA) is 80.1 Å². The molecule has 6 nitrogen and oxygen atoms in total. The molecule has 0 aliphatic heterocycles. The number of para-hydroxylation sites is 1. The van der Waals surface area contributed by atoms with Crippen LogP contribution in [0.2, 0.25) is 0 Å². The van der Waals surface area contributed by atoms with Crippen LogP contribution in [0.4, 0.5) is 11.4 Å². The molecule has 1 heterocycles. The van der Waals surface area contributed by atoms with Gasteiger partial charge < -0.3 is 5.32 Å². The van der Waals surface area contributed by atoms with Gasteiger partial charge in [-0.05, 0) is 31.9 Å². The standard InChI is InChI=1S/C21H24N4O2.2ClH/c1-14(22-15-8-3-2-4-9-15)23-21-16-10-5-6-11-17(16)24-18-12-7-13-19(20(18)21)25(26)27;;/h5-7,10-15,22H,2-4,8-9H2,1H3,(H,23,24);2*1H. The van der Waals surface area contributed by atoms with Crippen molar-refractivity contribution in [2.24, 2.45) is 0 Å². The first-order chi connectivity index (χ1) is 13.1. The van der Waals surface area contributed by atoms with E-state index in [1.165, 1.54) is 32.1 Å². The minimum absolute atomic E-state index is 0. The third-order valence-corrected chi connectivity index (χ3v) is 5.33. The largest absolute Gasteiger partial charge is 0.369 e. The molecule has 2 aromatic carbocycles. The van der Waals surface area contributed by atoms with E-state index in [9.17, 15) is 10.1 Å². The van der Waals surface area contributed by atoms with E-state index < -0.39 is 0 Å². The summed E-state index contributed by atoms with van der Waals surface area (Å²) in [5.41, 5.74) is 2.32. The van der Waals surface area contributed by atoms with Crippen LogP contribution in [0.5, 0.6) is 0 Å². The van der Waals surface area contributed by atoms with Crippen molar-refractivity contribution in [1.82, 2.24) is 10.3 Å². The fraction of sp³-hybridized carbons (Fsp3) is 0.381. The maximum Gasteiger partial charge on any atom is 0.280 e. The second-order valence-electron chi connectivity index (χ2n) is 7.30. The Bertz CT molecular complexity index is 993. The SMILES string of the molecule is CC(Nc1c2ccccc2nc2cccc([N+](=O)[O-])c12)NC1CCCCC1.Cl.Cl. The lowest BCUT2D eigenvalue weighted by Crippen LogP contribution is -2.42. The average molecular weight is 437 g/mol. The number of non-ortho nitro benzene ring substituents is 1. The van der Waals surface area contributed by atoms with Gasteiger partial charge in [0.25, 0.3) is 5.69 Å². The Labute approximate surface area is 182 Å². The smallest absolute Gasteiger partial charge is 0.280 e. The van der Waals surface area contributed by atoms with Gasteiger partial charge in [-0.3, -0.25) is 15.4 Å². The highest BCUT2D eigenvalue weighted by atomic mass is 35.5. The molecule has 4 rings (SSSR count). The van der Waals surface area contributed by atoms with E-state index in [1.807, 2.05) is 30.3 Å². The zero-order chi connectivity index (χ0) is 18.8. The molecule has 156 valence electrons. The van der Waals surface area contributed by atoms with Crippen molar-refractivity contribution in [3.8, 4) is 0 Å². The maximum atomic E-state index is 11.6. The van der Waals surface area contributed by atoms with Gasteiger partial charge in [0.05, 0.1) is 27.8 Å². The van der Waals surface area contributed by atoms with Crippen molar-refractivity contribution in [2.45, 2.75) is 51.2 Å². The number of anilines is 1. The predicted molar refractivity (Wildman–Crippen MR) is 123 cm³/mol. The highest BCUT2D eigenvalue weighted by molar-refractivity contribution is 6.11. The molecule has 0 amide bonds. The third kappa shape index (κ3) is 4.89. The summed E-state index contributed by atoms with van der Waals surface area (Å²) >= 11 is 0. The number of halogens is 2. The number of rotatable bonds is 5. The molecule has 2 N–H and O–H groups in total. The molecule has 3 aromatic rings. The Kier molecular flexibility index (Phi) is 8.02. The van der Waals surface area contributed by atoms with Gasteiger partial charge in [-0.2, -0.15) is 0 Å². The number of nitro groups is 1. The molecule has 1 saturated carbocycles. The van der Waals surface area contributed by atoms with Gasteiger partial charge in [-0.1, -0.05) is 43.5 Å².